The second-order valence-electron chi connectivity index (χ2n) is 4.51. The highest BCUT2D eigenvalue weighted by atomic mass is 16.5. The summed E-state index contributed by atoms with van der Waals surface area (Å²) >= 11 is 0. The molecule has 2 heterocycles. The Bertz CT molecular complexity index is 241. The van der Waals surface area contributed by atoms with E-state index in [4.69, 9.17) is 9.84 Å². The third kappa shape index (κ3) is 2.93. The van der Waals surface area contributed by atoms with Gasteiger partial charge in [0, 0.05) is 25.6 Å². The van der Waals surface area contributed by atoms with Crippen LogP contribution in [-0.4, -0.2) is 60.9 Å². The molecule has 0 aromatic rings. The van der Waals surface area contributed by atoms with E-state index in [2.05, 4.69) is 5.32 Å². The number of aliphatic hydroxyl groups is 1. The summed E-state index contributed by atoms with van der Waals surface area (Å²) < 4.78 is 5.32. The maximum atomic E-state index is 12.0. The second kappa shape index (κ2) is 5.61. The first-order valence-corrected chi connectivity index (χ1v) is 6.03. The van der Waals surface area contributed by atoms with Crippen molar-refractivity contribution in [3.05, 3.63) is 0 Å². The van der Waals surface area contributed by atoms with Crippen LogP contribution in [-0.2, 0) is 9.53 Å². The van der Waals surface area contributed by atoms with Gasteiger partial charge in [-0.2, -0.15) is 0 Å². The molecule has 2 rings (SSSR count). The zero-order valence-corrected chi connectivity index (χ0v) is 9.52. The molecule has 0 radical (unpaired) electrons. The zero-order chi connectivity index (χ0) is 11.4. The van der Waals surface area contributed by atoms with Gasteiger partial charge in [-0.15, -0.1) is 0 Å². The van der Waals surface area contributed by atoms with Crippen LogP contribution in [0.25, 0.3) is 0 Å². The van der Waals surface area contributed by atoms with E-state index in [0.29, 0.717) is 32.2 Å². The van der Waals surface area contributed by atoms with Crippen LogP contribution in [0, 0.1) is 0 Å². The van der Waals surface area contributed by atoms with E-state index >= 15 is 0 Å². The number of amides is 1. The topological polar surface area (TPSA) is 61.8 Å². The van der Waals surface area contributed by atoms with Crippen molar-refractivity contribution in [2.75, 3.05) is 32.8 Å². The minimum Gasteiger partial charge on any atom is -0.394 e. The summed E-state index contributed by atoms with van der Waals surface area (Å²) in [5.41, 5.74) is 0. The number of ether oxygens (including phenoxy) is 1. The fourth-order valence-corrected chi connectivity index (χ4v) is 2.33. The molecule has 0 saturated carbocycles. The molecule has 0 aliphatic carbocycles. The number of nitrogens with zero attached hydrogens (tertiary/aromatic N) is 1. The van der Waals surface area contributed by atoms with E-state index in [0.717, 1.165) is 13.0 Å². The Morgan fingerprint density at radius 1 is 1.56 bits per heavy atom. The number of carbonyl (C=O) groups excluding carboxylic acids is 1. The van der Waals surface area contributed by atoms with Crippen LogP contribution in [0.1, 0.15) is 19.3 Å². The van der Waals surface area contributed by atoms with Gasteiger partial charge in [-0.3, -0.25) is 4.79 Å². The van der Waals surface area contributed by atoms with Gasteiger partial charge in [-0.25, -0.2) is 0 Å². The number of hydrogen-bond acceptors (Lipinski definition) is 4. The summed E-state index contributed by atoms with van der Waals surface area (Å²) in [6.45, 7) is 2.74. The minimum atomic E-state index is -0.200. The van der Waals surface area contributed by atoms with Crippen molar-refractivity contribution in [2.24, 2.45) is 0 Å². The van der Waals surface area contributed by atoms with Crippen molar-refractivity contribution < 1.29 is 14.6 Å². The second-order valence-corrected chi connectivity index (χ2v) is 4.51. The van der Waals surface area contributed by atoms with Crippen molar-refractivity contribution in [1.29, 1.82) is 0 Å². The maximum absolute atomic E-state index is 12.0. The lowest BCUT2D eigenvalue weighted by molar-refractivity contribution is -0.140. The van der Waals surface area contributed by atoms with Gasteiger partial charge in [-0.1, -0.05) is 0 Å². The summed E-state index contributed by atoms with van der Waals surface area (Å²) in [6, 6.07) is 0.350. The van der Waals surface area contributed by atoms with E-state index in [1.165, 1.54) is 6.42 Å². The smallest absolute Gasteiger partial charge is 0.224 e. The molecule has 0 spiro atoms. The number of hydrogen-bond donors (Lipinski definition) is 2. The van der Waals surface area contributed by atoms with Crippen LogP contribution in [0.3, 0.4) is 0 Å². The largest absolute Gasteiger partial charge is 0.394 e. The quantitative estimate of drug-likeness (QED) is 0.674. The van der Waals surface area contributed by atoms with Gasteiger partial charge in [0.25, 0.3) is 0 Å². The molecule has 2 atom stereocenters. The first kappa shape index (κ1) is 11.8. The molecule has 0 aromatic heterocycles. The van der Waals surface area contributed by atoms with Crippen LogP contribution < -0.4 is 5.32 Å². The lowest BCUT2D eigenvalue weighted by Gasteiger charge is -2.32. The molecule has 2 N–H and O–H groups in total. The molecular weight excluding hydrogens is 208 g/mol. The van der Waals surface area contributed by atoms with E-state index < -0.39 is 0 Å². The van der Waals surface area contributed by atoms with E-state index in [9.17, 15) is 4.79 Å². The monoisotopic (exact) mass is 228 g/mol. The number of rotatable bonds is 3. The van der Waals surface area contributed by atoms with Gasteiger partial charge in [0.2, 0.25) is 5.91 Å². The Hall–Kier alpha value is -0.650. The minimum absolute atomic E-state index is 0.00847. The Labute approximate surface area is 95.8 Å². The van der Waals surface area contributed by atoms with Crippen LogP contribution in [0.2, 0.25) is 0 Å². The summed E-state index contributed by atoms with van der Waals surface area (Å²) in [5.74, 6) is 0.182. The van der Waals surface area contributed by atoms with Crippen molar-refractivity contribution in [3.8, 4) is 0 Å². The fourth-order valence-electron chi connectivity index (χ4n) is 2.33. The van der Waals surface area contributed by atoms with Crippen LogP contribution in [0.5, 0.6) is 0 Å². The van der Waals surface area contributed by atoms with Crippen molar-refractivity contribution in [1.82, 2.24) is 10.2 Å². The number of carbonyl (C=O) groups is 1. The van der Waals surface area contributed by atoms with Crippen LogP contribution in [0.15, 0.2) is 0 Å². The van der Waals surface area contributed by atoms with E-state index in [1.54, 1.807) is 0 Å². The molecule has 0 aromatic carbocycles. The number of nitrogens with one attached hydrogen (secondary N) is 1. The molecular formula is C11H20N2O3. The summed E-state index contributed by atoms with van der Waals surface area (Å²) in [4.78, 5) is 13.8. The van der Waals surface area contributed by atoms with Crippen LogP contribution >= 0.6 is 0 Å². The summed E-state index contributed by atoms with van der Waals surface area (Å²) in [5, 5.41) is 12.3. The molecule has 2 aliphatic heterocycles. The zero-order valence-electron chi connectivity index (χ0n) is 9.52. The molecule has 2 unspecified atom stereocenters. The SMILES string of the molecule is O=C(CC1CCCN1)N1CCOC(CO)C1. The standard InChI is InChI=1S/C11H20N2O3/c14-8-10-7-13(4-5-16-10)11(15)6-9-2-1-3-12-9/h9-10,12,14H,1-8H2. The third-order valence-electron chi connectivity index (χ3n) is 3.28. The molecule has 5 nitrogen and oxygen atoms in total. The highest BCUT2D eigenvalue weighted by Gasteiger charge is 2.26. The number of aliphatic hydroxyl groups excluding tert-OH is 1. The van der Waals surface area contributed by atoms with Gasteiger partial charge >= 0.3 is 0 Å². The van der Waals surface area contributed by atoms with E-state index in [1.807, 2.05) is 4.90 Å². The average Bonchev–Trinajstić information content (AvgIpc) is 2.82. The molecule has 92 valence electrons. The molecule has 2 aliphatic rings. The first-order valence-electron chi connectivity index (χ1n) is 6.03. The summed E-state index contributed by atoms with van der Waals surface area (Å²) in [7, 11) is 0. The molecule has 5 heteroatoms. The molecule has 0 bridgehead atoms. The predicted octanol–water partition coefficient (Wildman–Crippen LogP) is -0.652. The lowest BCUT2D eigenvalue weighted by Crippen LogP contribution is -2.48. The van der Waals surface area contributed by atoms with Crippen molar-refractivity contribution >= 4 is 5.91 Å². The molecule has 1 amide bonds. The normalized spacial score (nSPS) is 30.7. The summed E-state index contributed by atoms with van der Waals surface area (Å²) in [6.07, 6.45) is 2.65. The first-order chi connectivity index (χ1) is 7.79. The Morgan fingerprint density at radius 3 is 3.12 bits per heavy atom. The van der Waals surface area contributed by atoms with Gasteiger partial charge < -0.3 is 20.1 Å². The lowest BCUT2D eigenvalue weighted by atomic mass is 10.1. The van der Waals surface area contributed by atoms with Crippen molar-refractivity contribution in [2.45, 2.75) is 31.4 Å². The average molecular weight is 228 g/mol. The van der Waals surface area contributed by atoms with Crippen molar-refractivity contribution in [3.63, 3.8) is 0 Å². The number of morpholine rings is 1. The highest BCUT2D eigenvalue weighted by molar-refractivity contribution is 5.77. The Balaban J connectivity index is 1.79. The fraction of sp³-hybridized carbons (Fsp3) is 0.909. The van der Waals surface area contributed by atoms with Gasteiger partial charge in [0.1, 0.15) is 0 Å². The Morgan fingerprint density at radius 2 is 2.44 bits per heavy atom. The maximum Gasteiger partial charge on any atom is 0.224 e. The van der Waals surface area contributed by atoms with Crippen LogP contribution in [0.4, 0.5) is 0 Å². The van der Waals surface area contributed by atoms with Gasteiger partial charge in [0.15, 0.2) is 0 Å². The molecule has 2 fully saturated rings. The molecule has 2 saturated heterocycles. The Kier molecular flexibility index (Phi) is 4.15. The highest BCUT2D eigenvalue weighted by Crippen LogP contribution is 2.12. The molecule has 16 heavy (non-hydrogen) atoms. The third-order valence-corrected chi connectivity index (χ3v) is 3.28. The van der Waals surface area contributed by atoms with Gasteiger partial charge in [-0.05, 0) is 19.4 Å². The predicted molar refractivity (Wildman–Crippen MR) is 59.0 cm³/mol. The van der Waals surface area contributed by atoms with Gasteiger partial charge in [0.05, 0.1) is 19.3 Å². The van der Waals surface area contributed by atoms with E-state index in [-0.39, 0.29) is 18.6 Å².